The number of aromatic nitrogens is 10. The number of carbonyl (C=O) groups excluding carboxylic acids is 1. The summed E-state index contributed by atoms with van der Waals surface area (Å²) in [6.45, 7) is 31.7. The Morgan fingerprint density at radius 1 is 0.620 bits per heavy atom. The van der Waals surface area contributed by atoms with Gasteiger partial charge in [0.25, 0.3) is 11.1 Å². The van der Waals surface area contributed by atoms with E-state index < -0.39 is 65.8 Å². The van der Waals surface area contributed by atoms with Gasteiger partial charge in [0.15, 0.2) is 47.0 Å². The van der Waals surface area contributed by atoms with E-state index in [1.54, 1.807) is 50.8 Å². The largest absolute Gasteiger partial charge is 0.506 e. The molecule has 21 nitrogen and oxygen atoms in total. The standard InChI is InChI=1S/C24H37N5O5Si.C23H35N5O6Si.CH4/c1-9-17-19(32-16(8)30)20(34-35(13(2)3,14(4)5)15(6)7)23(33-17)29-12-26-18-21(31)27-24-25-10-11-28(24)22(18)29;1-8-15-17(33-23(30)31)18(34-35(12(2)3,13(4)5)14(6)7)21(32-15)28-11-25-16-19(29)26-22-24-9-10-27(22)20(16)28;/h10-15,17,19-20,23H,9H2,1-8H3,(H,25,27,31);9-15,17-18,21H,8H2,1-7H3,(H,30,31)(H,24,26,29);1H4/t17-,19-,20-,23-;15-,17-,18-,21-;/m11./s1. The van der Waals surface area contributed by atoms with Crippen LogP contribution in [0.2, 0.25) is 33.2 Å². The zero-order valence-corrected chi connectivity index (χ0v) is 45.1. The average molecular weight is 1030 g/mol. The van der Waals surface area contributed by atoms with Gasteiger partial charge in [-0.05, 0) is 46.1 Å². The topological polar surface area (TPSA) is 246 Å². The molecule has 2 aliphatic rings. The Kier molecular flexibility index (Phi) is 16.7. The highest BCUT2D eigenvalue weighted by molar-refractivity contribution is 6.78. The van der Waals surface area contributed by atoms with Crippen molar-refractivity contribution in [3.63, 3.8) is 0 Å². The molecule has 8 atom stereocenters. The Morgan fingerprint density at radius 3 is 1.28 bits per heavy atom. The molecular weight excluding hydrogens is 949 g/mol. The second-order valence-electron chi connectivity index (χ2n) is 20.5. The third kappa shape index (κ3) is 9.64. The summed E-state index contributed by atoms with van der Waals surface area (Å²) < 4.78 is 45.6. The van der Waals surface area contributed by atoms with Gasteiger partial charge < -0.3 is 32.9 Å². The molecule has 0 aromatic carbocycles. The molecule has 8 heterocycles. The zero-order valence-electron chi connectivity index (χ0n) is 43.1. The summed E-state index contributed by atoms with van der Waals surface area (Å²) in [6.07, 6.45) is 4.71. The number of carboxylic acid groups (broad SMARTS) is 1. The highest BCUT2D eigenvalue weighted by Gasteiger charge is 2.57. The van der Waals surface area contributed by atoms with E-state index in [-0.39, 0.29) is 58.3 Å². The van der Waals surface area contributed by atoms with Gasteiger partial charge in [-0.1, -0.05) is 104 Å². The Bertz CT molecular complexity index is 2680. The quantitative estimate of drug-likeness (QED) is 0.0604. The lowest BCUT2D eigenvalue weighted by Crippen LogP contribution is -2.54. The summed E-state index contributed by atoms with van der Waals surface area (Å²) in [5.74, 6) is 0.417. The maximum absolute atomic E-state index is 12.7. The maximum atomic E-state index is 12.7. The second-order valence-corrected chi connectivity index (χ2v) is 31.3. The van der Waals surface area contributed by atoms with E-state index in [2.05, 4.69) is 113 Å². The van der Waals surface area contributed by atoms with Gasteiger partial charge in [-0.15, -0.1) is 0 Å². The van der Waals surface area contributed by atoms with Crippen LogP contribution in [0.4, 0.5) is 4.79 Å². The van der Waals surface area contributed by atoms with Crippen molar-refractivity contribution in [3.8, 4) is 0 Å². The van der Waals surface area contributed by atoms with Crippen LogP contribution in [0.5, 0.6) is 0 Å². The Labute approximate surface area is 416 Å². The predicted octanol–water partition coefficient (Wildman–Crippen LogP) is 9.11. The number of hydrogen-bond acceptors (Lipinski definition) is 14. The Balaban J connectivity index is 0.000000229. The number of esters is 1. The average Bonchev–Trinajstić information content (AvgIpc) is 4.14. The molecule has 0 unspecified atom stereocenters. The number of H-pyrrole nitrogens is 2. The number of nitrogens with zero attached hydrogens (tertiary/aromatic N) is 8. The number of nitrogens with one attached hydrogen (secondary N) is 2. The molecule has 71 heavy (non-hydrogen) atoms. The summed E-state index contributed by atoms with van der Waals surface area (Å²) in [6, 6.07) is 0. The Hall–Kier alpha value is -5.21. The van der Waals surface area contributed by atoms with Gasteiger partial charge >= 0.3 is 12.1 Å². The van der Waals surface area contributed by atoms with Crippen molar-refractivity contribution in [1.29, 1.82) is 0 Å². The van der Waals surface area contributed by atoms with Crippen LogP contribution in [0.3, 0.4) is 0 Å². The number of ether oxygens (including phenoxy) is 4. The van der Waals surface area contributed by atoms with Crippen LogP contribution in [0, 0.1) is 0 Å². The van der Waals surface area contributed by atoms with Gasteiger partial charge in [-0.3, -0.25) is 42.3 Å². The van der Waals surface area contributed by atoms with Gasteiger partial charge in [0.05, 0.1) is 24.9 Å². The molecule has 2 saturated heterocycles. The Morgan fingerprint density at radius 2 is 0.972 bits per heavy atom. The molecule has 6 aromatic heterocycles. The number of rotatable bonds is 16. The first kappa shape index (κ1) is 55.1. The summed E-state index contributed by atoms with van der Waals surface area (Å²) in [5.41, 5.74) is 2.63. The number of carbonyl (C=O) groups is 2. The lowest BCUT2D eigenvalue weighted by atomic mass is 10.1. The monoisotopic (exact) mass is 1020 g/mol. The second kappa shape index (κ2) is 21.5. The first-order chi connectivity index (χ1) is 33.0. The molecule has 0 amide bonds. The minimum Gasteiger partial charge on any atom is -0.457 e. The lowest BCUT2D eigenvalue weighted by molar-refractivity contribution is -0.152. The van der Waals surface area contributed by atoms with Crippen molar-refractivity contribution < 1.29 is 42.5 Å². The molecule has 6 aromatic rings. The van der Waals surface area contributed by atoms with Crippen molar-refractivity contribution in [2.24, 2.45) is 0 Å². The van der Waals surface area contributed by atoms with E-state index in [1.165, 1.54) is 6.92 Å². The SMILES string of the molecule is C.CC[C@H]1O[C@@H](n2cnc3c(=O)[nH]c4nccn4c32)[C@H](O[Si](C(C)C)(C(C)C)C(C)C)[C@@H]1OC(=O)O.CC[C@H]1O[C@@H](n2cnc3c(=O)[nH]c4nccn4c32)[C@H](O[Si](C(C)C)(C(C)C)C(C)C)[C@@H]1OC(C)=O. The number of aromatic amines is 2. The molecule has 0 spiro atoms. The molecule has 392 valence electrons. The van der Waals surface area contributed by atoms with E-state index in [0.29, 0.717) is 52.3 Å². The fourth-order valence-corrected chi connectivity index (χ4v) is 23.1. The van der Waals surface area contributed by atoms with E-state index in [0.717, 1.165) is 0 Å². The fraction of sp³-hybridized carbons (Fsp3) is 0.667. The van der Waals surface area contributed by atoms with Crippen LogP contribution in [0.1, 0.15) is 137 Å². The smallest absolute Gasteiger partial charge is 0.457 e. The van der Waals surface area contributed by atoms with Crippen LogP contribution in [-0.4, -0.2) is 118 Å². The summed E-state index contributed by atoms with van der Waals surface area (Å²) in [4.78, 5) is 72.0. The van der Waals surface area contributed by atoms with E-state index >= 15 is 0 Å². The van der Waals surface area contributed by atoms with Gasteiger partial charge in [0, 0.05) is 31.7 Å². The van der Waals surface area contributed by atoms with E-state index in [1.807, 2.05) is 18.4 Å². The van der Waals surface area contributed by atoms with Crippen LogP contribution in [0.25, 0.3) is 33.9 Å². The molecule has 8 rings (SSSR count). The first-order valence-electron chi connectivity index (χ1n) is 24.6. The molecule has 0 radical (unpaired) electrons. The van der Waals surface area contributed by atoms with Crippen molar-refractivity contribution in [2.45, 2.75) is 206 Å². The van der Waals surface area contributed by atoms with Gasteiger partial charge in [-0.2, -0.15) is 0 Å². The molecular formula is C48H76N10O11Si2. The van der Waals surface area contributed by atoms with Crippen LogP contribution in [0.15, 0.2) is 47.0 Å². The first-order valence-corrected chi connectivity index (χ1v) is 28.9. The van der Waals surface area contributed by atoms with Gasteiger partial charge in [0.1, 0.15) is 12.2 Å². The third-order valence-electron chi connectivity index (χ3n) is 14.7. The molecule has 0 aliphatic carbocycles. The number of fused-ring (bicyclic) bond motifs is 6. The van der Waals surface area contributed by atoms with Gasteiger partial charge in [-0.25, -0.2) is 24.7 Å². The van der Waals surface area contributed by atoms with Crippen LogP contribution < -0.4 is 11.1 Å². The molecule has 0 saturated carbocycles. The third-order valence-corrected chi connectivity index (χ3v) is 26.9. The van der Waals surface area contributed by atoms with Crippen molar-refractivity contribution in [3.05, 3.63) is 58.1 Å². The van der Waals surface area contributed by atoms with Crippen LogP contribution in [-0.2, 0) is 32.6 Å². The fourth-order valence-electron chi connectivity index (χ4n) is 12.0. The summed E-state index contributed by atoms with van der Waals surface area (Å²) >= 11 is 0. The lowest BCUT2D eigenvalue weighted by Gasteiger charge is -2.45. The normalized spacial score (nSPS) is 23.1. The summed E-state index contributed by atoms with van der Waals surface area (Å²) in [7, 11) is -4.87. The zero-order chi connectivity index (χ0) is 51.3. The molecule has 23 heteroatoms. The summed E-state index contributed by atoms with van der Waals surface area (Å²) in [5, 5.41) is 9.57. The van der Waals surface area contributed by atoms with Crippen molar-refractivity contribution >= 4 is 62.6 Å². The number of imidazole rings is 4. The predicted molar refractivity (Wildman–Crippen MR) is 274 cm³/mol. The number of hydrogen-bond donors (Lipinski definition) is 3. The van der Waals surface area contributed by atoms with E-state index in [9.17, 15) is 24.3 Å². The molecule has 0 bridgehead atoms. The van der Waals surface area contributed by atoms with E-state index in [4.69, 9.17) is 27.8 Å². The van der Waals surface area contributed by atoms with Crippen molar-refractivity contribution in [1.82, 2.24) is 47.8 Å². The van der Waals surface area contributed by atoms with Gasteiger partial charge in [0.2, 0.25) is 28.2 Å². The molecule has 2 aliphatic heterocycles. The highest BCUT2D eigenvalue weighted by atomic mass is 28.4. The molecule has 2 fully saturated rings. The highest BCUT2D eigenvalue weighted by Crippen LogP contribution is 2.49. The van der Waals surface area contributed by atoms with Crippen molar-refractivity contribution in [2.75, 3.05) is 0 Å². The molecule has 3 N–H and O–H groups in total. The van der Waals surface area contributed by atoms with Crippen LogP contribution >= 0.6 is 0 Å². The minimum absolute atomic E-state index is 0. The maximum Gasteiger partial charge on any atom is 0.506 e. The minimum atomic E-state index is -2.47.